The van der Waals surface area contributed by atoms with E-state index < -0.39 is 57.2 Å². The zero-order chi connectivity index (χ0) is 20.4. The van der Waals surface area contributed by atoms with Crippen LogP contribution in [0.5, 0.6) is 0 Å². The van der Waals surface area contributed by atoms with Crippen LogP contribution < -0.4 is 10.0 Å². The Morgan fingerprint density at radius 1 is 1.04 bits per heavy atom. The molecular weight excluding hydrogens is 395 g/mol. The number of carbonyl (C=O) groups is 1. The summed E-state index contributed by atoms with van der Waals surface area (Å²) in [6, 6.07) is 7.97. The molecule has 0 aliphatic heterocycles. The molecule has 0 saturated heterocycles. The summed E-state index contributed by atoms with van der Waals surface area (Å²) in [5.41, 5.74) is 2.70. The predicted molar refractivity (Wildman–Crippen MR) is 87.9 cm³/mol. The third kappa shape index (κ3) is 4.73. The molecule has 0 aromatic heterocycles. The summed E-state index contributed by atoms with van der Waals surface area (Å²) < 4.78 is 91.2. The van der Waals surface area contributed by atoms with Gasteiger partial charge in [-0.3, -0.25) is 4.79 Å². The van der Waals surface area contributed by atoms with Crippen LogP contribution in [0.15, 0.2) is 42.5 Å². The average molecular weight is 408 g/mol. The molecule has 0 aliphatic rings. The van der Waals surface area contributed by atoms with Crippen molar-refractivity contribution in [1.82, 2.24) is 0 Å². The lowest BCUT2D eigenvalue weighted by Crippen LogP contribution is -2.32. The van der Waals surface area contributed by atoms with Gasteiger partial charge in [-0.2, -0.15) is 13.2 Å². The third-order valence-corrected chi connectivity index (χ3v) is 5.13. The van der Waals surface area contributed by atoms with Gasteiger partial charge in [-0.15, -0.1) is 0 Å². The predicted octanol–water partition coefficient (Wildman–Crippen LogP) is 3.48. The molecular formula is C16H13F5N2O3S. The number of hydrogen-bond acceptors (Lipinski definition) is 3. The third-order valence-electron chi connectivity index (χ3n) is 3.45. The normalized spacial score (nSPS) is 12.0. The lowest BCUT2D eigenvalue weighted by atomic mass is 10.1. The van der Waals surface area contributed by atoms with E-state index in [0.717, 1.165) is 0 Å². The standard InChI is InChI=1S/C16H13F5N2O3S/c17-11-6-7-12(14(18)13(11)15(22)24)23(10-4-2-1-3-5-10)27(25,26)9-8-16(19,20)21/h1-7H,8-9H2,(H2,22,24). The topological polar surface area (TPSA) is 80.5 Å². The van der Waals surface area contributed by atoms with E-state index in [2.05, 4.69) is 0 Å². The number of rotatable bonds is 6. The number of hydrogen-bond donors (Lipinski definition) is 1. The second-order valence-corrected chi connectivity index (χ2v) is 7.34. The molecule has 27 heavy (non-hydrogen) atoms. The van der Waals surface area contributed by atoms with Gasteiger partial charge in [0.1, 0.15) is 11.4 Å². The first kappa shape index (κ1) is 20.6. The molecule has 0 unspecified atom stereocenters. The summed E-state index contributed by atoms with van der Waals surface area (Å²) >= 11 is 0. The number of halogens is 5. The van der Waals surface area contributed by atoms with E-state index in [1.165, 1.54) is 30.3 Å². The lowest BCUT2D eigenvalue weighted by molar-refractivity contribution is -0.129. The average Bonchev–Trinajstić information content (AvgIpc) is 2.55. The Labute approximate surface area is 151 Å². The fraction of sp³-hybridized carbons (Fsp3) is 0.188. The molecule has 2 N–H and O–H groups in total. The van der Waals surface area contributed by atoms with E-state index in [4.69, 9.17) is 5.73 Å². The SMILES string of the molecule is NC(=O)c1c(F)ccc(N(c2ccccc2)S(=O)(=O)CCC(F)(F)F)c1F. The summed E-state index contributed by atoms with van der Waals surface area (Å²) in [5.74, 6) is -5.80. The highest BCUT2D eigenvalue weighted by Crippen LogP contribution is 2.34. The van der Waals surface area contributed by atoms with Crippen molar-refractivity contribution in [2.45, 2.75) is 12.6 Å². The molecule has 0 radical (unpaired) electrons. The molecule has 0 heterocycles. The van der Waals surface area contributed by atoms with Crippen molar-refractivity contribution in [2.75, 3.05) is 10.1 Å². The molecule has 2 aromatic carbocycles. The van der Waals surface area contributed by atoms with Crippen molar-refractivity contribution in [3.63, 3.8) is 0 Å². The maximum absolute atomic E-state index is 14.7. The van der Waals surface area contributed by atoms with Crippen molar-refractivity contribution in [3.8, 4) is 0 Å². The smallest absolute Gasteiger partial charge is 0.365 e. The number of benzene rings is 2. The first-order valence-corrected chi connectivity index (χ1v) is 8.97. The molecule has 2 rings (SSSR count). The van der Waals surface area contributed by atoms with Gasteiger partial charge in [0.15, 0.2) is 5.82 Å². The van der Waals surface area contributed by atoms with E-state index in [1.54, 1.807) is 0 Å². The van der Waals surface area contributed by atoms with Gasteiger partial charge < -0.3 is 5.73 Å². The Bertz CT molecular complexity index is 947. The van der Waals surface area contributed by atoms with E-state index in [1.807, 2.05) is 0 Å². The van der Waals surface area contributed by atoms with Gasteiger partial charge in [0.05, 0.1) is 23.5 Å². The van der Waals surface area contributed by atoms with Gasteiger partial charge >= 0.3 is 6.18 Å². The number of para-hydroxylation sites is 1. The quantitative estimate of drug-likeness (QED) is 0.743. The molecule has 146 valence electrons. The number of sulfonamides is 1. The van der Waals surface area contributed by atoms with Crippen molar-refractivity contribution in [1.29, 1.82) is 0 Å². The molecule has 0 aliphatic carbocycles. The van der Waals surface area contributed by atoms with E-state index >= 15 is 0 Å². The maximum atomic E-state index is 14.7. The fourth-order valence-electron chi connectivity index (χ4n) is 2.27. The Hall–Kier alpha value is -2.69. The van der Waals surface area contributed by atoms with Gasteiger partial charge in [-0.1, -0.05) is 18.2 Å². The van der Waals surface area contributed by atoms with Crippen molar-refractivity contribution in [2.24, 2.45) is 5.73 Å². The van der Waals surface area contributed by atoms with Crippen LogP contribution >= 0.6 is 0 Å². The van der Waals surface area contributed by atoms with Crippen molar-refractivity contribution < 1.29 is 35.2 Å². The van der Waals surface area contributed by atoms with Gasteiger partial charge in [0, 0.05) is 0 Å². The van der Waals surface area contributed by atoms with Crippen LogP contribution in [0.4, 0.5) is 33.3 Å². The van der Waals surface area contributed by atoms with E-state index in [9.17, 15) is 35.2 Å². The molecule has 0 spiro atoms. The van der Waals surface area contributed by atoms with E-state index in [0.29, 0.717) is 16.4 Å². The summed E-state index contributed by atoms with van der Waals surface area (Å²) in [5, 5.41) is 0. The molecule has 5 nitrogen and oxygen atoms in total. The highest BCUT2D eigenvalue weighted by Gasteiger charge is 2.35. The number of amides is 1. The van der Waals surface area contributed by atoms with Crippen LogP contribution in [0.2, 0.25) is 0 Å². The second kappa shape index (κ2) is 7.51. The van der Waals surface area contributed by atoms with Crippen LogP contribution in [0, 0.1) is 11.6 Å². The second-order valence-electron chi connectivity index (χ2n) is 5.40. The van der Waals surface area contributed by atoms with Crippen molar-refractivity contribution in [3.05, 3.63) is 59.7 Å². The molecule has 0 fully saturated rings. The van der Waals surface area contributed by atoms with Gasteiger partial charge in [-0.05, 0) is 24.3 Å². The molecule has 0 saturated carbocycles. The number of carbonyl (C=O) groups excluding carboxylic acids is 1. The zero-order valence-corrected chi connectivity index (χ0v) is 14.3. The van der Waals surface area contributed by atoms with Gasteiger partial charge in [0.25, 0.3) is 5.91 Å². The van der Waals surface area contributed by atoms with Gasteiger partial charge in [-0.25, -0.2) is 21.5 Å². The lowest BCUT2D eigenvalue weighted by Gasteiger charge is -2.25. The number of nitrogens with zero attached hydrogens (tertiary/aromatic N) is 1. The molecule has 2 aromatic rings. The minimum atomic E-state index is -4.77. The summed E-state index contributed by atoms with van der Waals surface area (Å²) in [6.07, 6.45) is -6.45. The minimum absolute atomic E-state index is 0.194. The number of primary amides is 1. The molecule has 1 amide bonds. The van der Waals surface area contributed by atoms with Crippen LogP contribution in [-0.4, -0.2) is 26.3 Å². The molecule has 0 atom stereocenters. The van der Waals surface area contributed by atoms with Crippen LogP contribution in [0.25, 0.3) is 0 Å². The highest BCUT2D eigenvalue weighted by molar-refractivity contribution is 7.93. The van der Waals surface area contributed by atoms with Crippen LogP contribution in [0.3, 0.4) is 0 Å². The van der Waals surface area contributed by atoms with Crippen molar-refractivity contribution >= 4 is 27.3 Å². The van der Waals surface area contributed by atoms with Crippen LogP contribution in [-0.2, 0) is 10.0 Å². The monoisotopic (exact) mass is 408 g/mol. The van der Waals surface area contributed by atoms with E-state index in [-0.39, 0.29) is 5.69 Å². The summed E-state index contributed by atoms with van der Waals surface area (Å²) in [4.78, 5) is 11.3. The van der Waals surface area contributed by atoms with Crippen LogP contribution in [0.1, 0.15) is 16.8 Å². The molecule has 11 heteroatoms. The largest absolute Gasteiger partial charge is 0.390 e. The molecule has 0 bridgehead atoms. The number of alkyl halides is 3. The Morgan fingerprint density at radius 2 is 1.63 bits per heavy atom. The first-order valence-electron chi connectivity index (χ1n) is 7.36. The summed E-state index contributed by atoms with van der Waals surface area (Å²) in [7, 11) is -4.74. The Balaban J connectivity index is 2.66. The first-order chi connectivity index (χ1) is 12.4. The fourth-order valence-corrected chi connectivity index (χ4v) is 3.83. The Kier molecular flexibility index (Phi) is 5.73. The number of anilines is 2. The number of nitrogens with two attached hydrogens (primary N) is 1. The highest BCUT2D eigenvalue weighted by atomic mass is 32.2. The minimum Gasteiger partial charge on any atom is -0.365 e. The zero-order valence-electron chi connectivity index (χ0n) is 13.5. The van der Waals surface area contributed by atoms with Gasteiger partial charge in [0.2, 0.25) is 10.0 Å². The maximum Gasteiger partial charge on any atom is 0.390 e. The Morgan fingerprint density at radius 3 is 2.15 bits per heavy atom. The summed E-state index contributed by atoms with van der Waals surface area (Å²) in [6.45, 7) is 0.